The van der Waals surface area contributed by atoms with Crippen LogP contribution in [0.15, 0.2) is 243 Å². The molecule has 2 aliphatic carbocycles. The van der Waals surface area contributed by atoms with Gasteiger partial charge in [-0.3, -0.25) is 0 Å². The predicted octanol–water partition coefficient (Wildman–Crippen LogP) is 18.9. The van der Waals surface area contributed by atoms with E-state index >= 15 is 0 Å². The van der Waals surface area contributed by atoms with Gasteiger partial charge in [0.2, 0.25) is 0 Å². The van der Waals surface area contributed by atoms with Crippen molar-refractivity contribution in [3.63, 3.8) is 0 Å². The van der Waals surface area contributed by atoms with Gasteiger partial charge in [0.15, 0.2) is 0 Å². The van der Waals surface area contributed by atoms with Crippen molar-refractivity contribution in [3.8, 4) is 56.0 Å². The summed E-state index contributed by atoms with van der Waals surface area (Å²) in [5, 5.41) is 0. The van der Waals surface area contributed by atoms with Crippen LogP contribution in [0.1, 0.15) is 79.1 Å². The molecule has 0 spiro atoms. The molecule has 10 aromatic rings. The molecule has 2 nitrogen and oxygen atoms in total. The van der Waals surface area contributed by atoms with Gasteiger partial charge in [0.25, 0.3) is 0 Å². The summed E-state index contributed by atoms with van der Waals surface area (Å²) in [5.74, 6) is 1.58. The molecule has 0 heterocycles. The van der Waals surface area contributed by atoms with Crippen LogP contribution < -0.4 is 9.64 Å². The molecule has 0 saturated carbocycles. The molecule has 1 unspecified atom stereocenters. The van der Waals surface area contributed by atoms with Crippen LogP contribution >= 0.6 is 0 Å². The number of nitrogens with zero attached hydrogens (tertiary/aromatic N) is 1. The number of hydrogen-bond acceptors (Lipinski definition) is 2. The molecule has 348 valence electrons. The second-order valence-corrected chi connectivity index (χ2v) is 21.0. The van der Waals surface area contributed by atoms with Crippen LogP contribution in [0.3, 0.4) is 0 Å². The minimum atomic E-state index is -0.591. The first kappa shape index (κ1) is 44.7. The Morgan fingerprint density at radius 3 is 1.47 bits per heavy atom. The van der Waals surface area contributed by atoms with Crippen molar-refractivity contribution in [2.24, 2.45) is 0 Å². The van der Waals surface area contributed by atoms with Crippen LogP contribution in [0.4, 0.5) is 17.1 Å². The zero-order chi connectivity index (χ0) is 49.2. The predicted molar refractivity (Wildman–Crippen MR) is 302 cm³/mol. The van der Waals surface area contributed by atoms with Crippen LogP contribution in [0.5, 0.6) is 11.5 Å². The molecule has 0 amide bonds. The zero-order valence-electron chi connectivity index (χ0n) is 41.7. The quantitative estimate of drug-likeness (QED) is 0.135. The summed E-state index contributed by atoms with van der Waals surface area (Å²) in [4.78, 5) is 2.41. The second-order valence-electron chi connectivity index (χ2n) is 21.0. The number of hydrogen-bond donors (Lipinski definition) is 0. The number of fused-ring (bicyclic) bond motifs is 6. The van der Waals surface area contributed by atoms with E-state index in [4.69, 9.17) is 4.74 Å². The molecule has 10 aromatic carbocycles. The summed E-state index contributed by atoms with van der Waals surface area (Å²) in [6, 6.07) is 87.0. The third-order valence-electron chi connectivity index (χ3n) is 15.4. The second kappa shape index (κ2) is 17.4. The highest BCUT2D eigenvalue weighted by atomic mass is 16.5. The van der Waals surface area contributed by atoms with Gasteiger partial charge in [-0.05, 0) is 161 Å². The Balaban J connectivity index is 0.966. The van der Waals surface area contributed by atoms with E-state index in [1.165, 1.54) is 77.9 Å². The molecular weight excluding hydrogens is 871 g/mol. The van der Waals surface area contributed by atoms with Crippen molar-refractivity contribution < 1.29 is 4.74 Å². The van der Waals surface area contributed by atoms with Gasteiger partial charge in [-0.1, -0.05) is 217 Å². The van der Waals surface area contributed by atoms with Crippen molar-refractivity contribution in [2.75, 3.05) is 4.90 Å². The average molecular weight is 928 g/mol. The molecule has 2 heteroatoms. The molecule has 0 aromatic heterocycles. The van der Waals surface area contributed by atoms with Crippen LogP contribution in [0.2, 0.25) is 0 Å². The standard InChI is InChI=1S/C70H57NO/c1-7-47-21-39-58(40-22-47)72-59-41-32-54(33-42-59)70(53-30-28-52(29-31-53)68(2,3)4)65-20-14-12-18-61(65)63-43-27-51(45-67(63)70)50-25-36-56(37-26-50)71(55-34-23-49(24-35-55)48-15-9-8-10-16-48)57-38-44-62-60-17-11-13-19-64(60)69(5,6)66(62)46-57/h7-46H,1H2,2-6H3. The van der Waals surface area contributed by atoms with Gasteiger partial charge in [0, 0.05) is 22.5 Å². The summed E-state index contributed by atoms with van der Waals surface area (Å²) in [6.45, 7) is 15.5. The third-order valence-corrected chi connectivity index (χ3v) is 15.4. The van der Waals surface area contributed by atoms with Crippen molar-refractivity contribution >= 4 is 23.1 Å². The highest BCUT2D eigenvalue weighted by molar-refractivity contribution is 5.90. The molecule has 0 saturated heterocycles. The first-order valence-electron chi connectivity index (χ1n) is 25.2. The lowest BCUT2D eigenvalue weighted by molar-refractivity contribution is 0.482. The van der Waals surface area contributed by atoms with E-state index in [0.29, 0.717) is 0 Å². The summed E-state index contributed by atoms with van der Waals surface area (Å²) in [7, 11) is 0. The Morgan fingerprint density at radius 1 is 0.403 bits per heavy atom. The lowest BCUT2D eigenvalue weighted by Crippen LogP contribution is -2.29. The monoisotopic (exact) mass is 927 g/mol. The Bertz CT molecular complexity index is 3630. The molecule has 0 aliphatic heterocycles. The number of ether oxygens (including phenoxy) is 1. The maximum atomic E-state index is 6.41. The Morgan fingerprint density at radius 2 is 0.861 bits per heavy atom. The molecular formula is C70H57NO. The van der Waals surface area contributed by atoms with Gasteiger partial charge in [-0.15, -0.1) is 0 Å². The summed E-state index contributed by atoms with van der Waals surface area (Å²) in [6.07, 6.45) is 1.85. The van der Waals surface area contributed by atoms with Gasteiger partial charge in [-0.2, -0.15) is 0 Å². The first-order valence-corrected chi connectivity index (χ1v) is 25.2. The van der Waals surface area contributed by atoms with E-state index in [-0.39, 0.29) is 10.8 Å². The number of anilines is 3. The van der Waals surface area contributed by atoms with Gasteiger partial charge < -0.3 is 9.64 Å². The van der Waals surface area contributed by atoms with Gasteiger partial charge >= 0.3 is 0 Å². The van der Waals surface area contributed by atoms with E-state index in [1.807, 2.05) is 30.3 Å². The lowest BCUT2D eigenvalue weighted by Gasteiger charge is -2.34. The zero-order valence-corrected chi connectivity index (χ0v) is 41.7. The van der Waals surface area contributed by atoms with Crippen molar-refractivity contribution in [1.82, 2.24) is 0 Å². The van der Waals surface area contributed by atoms with E-state index < -0.39 is 5.41 Å². The average Bonchev–Trinajstić information content (AvgIpc) is 3.84. The van der Waals surface area contributed by atoms with E-state index in [0.717, 1.165) is 39.7 Å². The highest BCUT2D eigenvalue weighted by Gasteiger charge is 2.46. The Labute approximate surface area is 425 Å². The minimum absolute atomic E-state index is 0.0174. The lowest BCUT2D eigenvalue weighted by atomic mass is 9.67. The van der Waals surface area contributed by atoms with Crippen molar-refractivity contribution in [1.29, 1.82) is 0 Å². The highest BCUT2D eigenvalue weighted by Crippen LogP contribution is 2.57. The third kappa shape index (κ3) is 7.49. The normalized spacial score (nSPS) is 15.0. The van der Waals surface area contributed by atoms with Crippen LogP contribution in [0.25, 0.3) is 50.6 Å². The summed E-state index contributed by atoms with van der Waals surface area (Å²) >= 11 is 0. The Hall–Kier alpha value is -8.46. The largest absolute Gasteiger partial charge is 0.457 e. The fourth-order valence-electron chi connectivity index (χ4n) is 11.6. The fourth-order valence-corrected chi connectivity index (χ4v) is 11.6. The maximum absolute atomic E-state index is 6.41. The van der Waals surface area contributed by atoms with Crippen LogP contribution in [0, 0.1) is 0 Å². The van der Waals surface area contributed by atoms with Crippen LogP contribution in [-0.2, 0) is 16.2 Å². The molecule has 0 fully saturated rings. The summed E-state index contributed by atoms with van der Waals surface area (Å²) in [5.41, 5.74) is 22.6. The summed E-state index contributed by atoms with van der Waals surface area (Å²) < 4.78 is 6.41. The van der Waals surface area contributed by atoms with Gasteiger partial charge in [0.05, 0.1) is 5.41 Å². The fraction of sp³-hybridized carbons (Fsp3) is 0.114. The van der Waals surface area contributed by atoms with E-state index in [2.05, 4.69) is 258 Å². The molecule has 12 rings (SSSR count). The molecule has 0 radical (unpaired) electrons. The number of rotatable bonds is 10. The SMILES string of the molecule is C=Cc1ccc(Oc2ccc(C3(c4ccc(C(C)(C)C)cc4)c4ccccc4-c4ccc(-c5ccc(N(c6ccc(-c7ccccc7)cc6)c6ccc7c(c6)C(C)(C)c6ccccc6-7)cc5)cc43)cc2)cc1. The van der Waals surface area contributed by atoms with Crippen LogP contribution in [-0.4, -0.2) is 0 Å². The van der Waals surface area contributed by atoms with Crippen molar-refractivity contribution in [3.05, 3.63) is 288 Å². The molecule has 0 N–H and O–H groups in total. The van der Waals surface area contributed by atoms with Gasteiger partial charge in [-0.25, -0.2) is 0 Å². The smallest absolute Gasteiger partial charge is 0.127 e. The van der Waals surface area contributed by atoms with Crippen molar-refractivity contribution in [2.45, 2.75) is 50.9 Å². The number of benzene rings is 10. The Kier molecular flexibility index (Phi) is 10.8. The van der Waals surface area contributed by atoms with E-state index in [1.54, 1.807) is 0 Å². The van der Waals surface area contributed by atoms with E-state index in [9.17, 15) is 0 Å². The molecule has 72 heavy (non-hydrogen) atoms. The van der Waals surface area contributed by atoms with Gasteiger partial charge in [0.1, 0.15) is 11.5 Å². The molecule has 0 bridgehead atoms. The first-order chi connectivity index (χ1) is 35.0. The molecule has 2 aliphatic rings. The molecule has 1 atom stereocenters. The maximum Gasteiger partial charge on any atom is 0.127 e. The topological polar surface area (TPSA) is 12.5 Å². The minimum Gasteiger partial charge on any atom is -0.457 e.